The van der Waals surface area contributed by atoms with Gasteiger partial charge >= 0.3 is 6.18 Å². The maximum atomic E-state index is 12.8. The normalized spacial score (nSPS) is 24.9. The van der Waals surface area contributed by atoms with E-state index in [0.717, 1.165) is 25.5 Å². The van der Waals surface area contributed by atoms with E-state index >= 15 is 0 Å². The van der Waals surface area contributed by atoms with E-state index in [2.05, 4.69) is 15.6 Å². The molecule has 2 rings (SSSR count). The summed E-state index contributed by atoms with van der Waals surface area (Å²) in [4.78, 5) is 3.81. The minimum absolute atomic E-state index is 0.0188. The van der Waals surface area contributed by atoms with Crippen LogP contribution in [0.25, 0.3) is 0 Å². The van der Waals surface area contributed by atoms with Gasteiger partial charge in [-0.2, -0.15) is 13.2 Å². The molecule has 0 bridgehead atoms. The molecule has 1 aromatic heterocycles. The summed E-state index contributed by atoms with van der Waals surface area (Å²) < 4.78 is 38.4. The van der Waals surface area contributed by atoms with Gasteiger partial charge in [0.25, 0.3) is 0 Å². The molecule has 1 aliphatic heterocycles. The third-order valence-corrected chi connectivity index (χ3v) is 3.20. The van der Waals surface area contributed by atoms with Gasteiger partial charge in [0.2, 0.25) is 0 Å². The van der Waals surface area contributed by atoms with Gasteiger partial charge in [-0.05, 0) is 38.4 Å². The molecule has 0 radical (unpaired) electrons. The first-order valence-corrected chi connectivity index (χ1v) is 6.00. The lowest BCUT2D eigenvalue weighted by Crippen LogP contribution is -2.46. The Labute approximate surface area is 104 Å². The number of hydrogen-bond donors (Lipinski definition) is 2. The van der Waals surface area contributed by atoms with Crippen LogP contribution in [0.1, 0.15) is 25.3 Å². The number of pyridine rings is 1. The third kappa shape index (κ3) is 2.93. The van der Waals surface area contributed by atoms with E-state index < -0.39 is 11.7 Å². The highest BCUT2D eigenvalue weighted by molar-refractivity contribution is 5.46. The summed E-state index contributed by atoms with van der Waals surface area (Å²) in [7, 11) is 0. The maximum absolute atomic E-state index is 12.8. The van der Waals surface area contributed by atoms with Crippen molar-refractivity contribution in [2.45, 2.75) is 38.0 Å². The van der Waals surface area contributed by atoms with E-state index in [-0.39, 0.29) is 17.9 Å². The van der Waals surface area contributed by atoms with Crippen molar-refractivity contribution in [3.05, 3.63) is 23.9 Å². The van der Waals surface area contributed by atoms with Gasteiger partial charge < -0.3 is 10.6 Å². The summed E-state index contributed by atoms with van der Waals surface area (Å²) in [6.45, 7) is 2.88. The zero-order chi connectivity index (χ0) is 13.2. The average molecular weight is 259 g/mol. The van der Waals surface area contributed by atoms with Gasteiger partial charge in [0.15, 0.2) is 0 Å². The van der Waals surface area contributed by atoms with E-state index in [4.69, 9.17) is 0 Å². The molecular weight excluding hydrogens is 243 g/mol. The molecule has 0 aromatic carbocycles. The molecule has 0 saturated carbocycles. The molecule has 18 heavy (non-hydrogen) atoms. The quantitative estimate of drug-likeness (QED) is 0.857. The zero-order valence-electron chi connectivity index (χ0n) is 10.1. The van der Waals surface area contributed by atoms with Crippen LogP contribution < -0.4 is 10.6 Å². The van der Waals surface area contributed by atoms with Crippen LogP contribution in [0.2, 0.25) is 0 Å². The number of anilines is 1. The smallest absolute Gasteiger partial charge is 0.365 e. The third-order valence-electron chi connectivity index (χ3n) is 3.20. The van der Waals surface area contributed by atoms with E-state index in [9.17, 15) is 13.2 Å². The average Bonchev–Trinajstić information content (AvgIpc) is 2.31. The molecular formula is C12H16F3N3. The van der Waals surface area contributed by atoms with Crippen molar-refractivity contribution in [3.63, 3.8) is 0 Å². The Morgan fingerprint density at radius 2 is 2.22 bits per heavy atom. The molecule has 2 heterocycles. The monoisotopic (exact) mass is 259 g/mol. The SMILES string of the molecule is CC1NCCCC1Nc1ncccc1C(F)(F)F. The highest BCUT2D eigenvalue weighted by atomic mass is 19.4. The van der Waals surface area contributed by atoms with Gasteiger partial charge in [-0.1, -0.05) is 0 Å². The summed E-state index contributed by atoms with van der Waals surface area (Å²) in [6.07, 6.45) is -1.20. The molecule has 2 atom stereocenters. The molecule has 2 N–H and O–H groups in total. The van der Waals surface area contributed by atoms with E-state index in [1.807, 2.05) is 6.92 Å². The Bertz CT molecular complexity index is 406. The second-order valence-corrected chi connectivity index (χ2v) is 4.53. The van der Waals surface area contributed by atoms with Gasteiger partial charge in [-0.25, -0.2) is 4.98 Å². The molecule has 1 aromatic rings. The van der Waals surface area contributed by atoms with Crippen LogP contribution in [0.3, 0.4) is 0 Å². The second kappa shape index (κ2) is 5.14. The van der Waals surface area contributed by atoms with Crippen LogP contribution in [0.5, 0.6) is 0 Å². The van der Waals surface area contributed by atoms with Gasteiger partial charge in [0.05, 0.1) is 5.56 Å². The number of halogens is 3. The summed E-state index contributed by atoms with van der Waals surface area (Å²) in [5, 5.41) is 6.15. The summed E-state index contributed by atoms with van der Waals surface area (Å²) in [5.74, 6) is -0.0782. The predicted molar refractivity (Wildman–Crippen MR) is 63.3 cm³/mol. The Kier molecular flexibility index (Phi) is 3.75. The molecule has 0 spiro atoms. The first kappa shape index (κ1) is 13.1. The number of nitrogens with one attached hydrogen (secondary N) is 2. The van der Waals surface area contributed by atoms with Gasteiger partial charge in [0, 0.05) is 18.3 Å². The van der Waals surface area contributed by atoms with E-state index in [1.54, 1.807) is 0 Å². The van der Waals surface area contributed by atoms with Crippen molar-refractivity contribution in [1.29, 1.82) is 0 Å². The van der Waals surface area contributed by atoms with Gasteiger partial charge in [-0.3, -0.25) is 0 Å². The largest absolute Gasteiger partial charge is 0.419 e. The molecule has 100 valence electrons. The highest BCUT2D eigenvalue weighted by Crippen LogP contribution is 2.34. The number of piperidine rings is 1. The molecule has 1 aliphatic rings. The number of nitrogens with zero attached hydrogens (tertiary/aromatic N) is 1. The number of hydrogen-bond acceptors (Lipinski definition) is 3. The molecule has 0 aliphatic carbocycles. The minimum atomic E-state index is -4.37. The van der Waals surface area contributed by atoms with Crippen molar-refractivity contribution >= 4 is 5.82 Å². The second-order valence-electron chi connectivity index (χ2n) is 4.53. The number of aromatic nitrogens is 1. The van der Waals surface area contributed by atoms with Crippen molar-refractivity contribution < 1.29 is 13.2 Å². The van der Waals surface area contributed by atoms with Crippen molar-refractivity contribution in [1.82, 2.24) is 10.3 Å². The first-order chi connectivity index (χ1) is 8.48. The van der Waals surface area contributed by atoms with Crippen LogP contribution in [-0.4, -0.2) is 23.6 Å². The molecule has 3 nitrogen and oxygen atoms in total. The zero-order valence-corrected chi connectivity index (χ0v) is 10.1. The topological polar surface area (TPSA) is 37.0 Å². The van der Waals surface area contributed by atoms with Crippen LogP contribution in [0, 0.1) is 0 Å². The fourth-order valence-electron chi connectivity index (χ4n) is 2.17. The van der Waals surface area contributed by atoms with Crippen LogP contribution in [0.15, 0.2) is 18.3 Å². The lowest BCUT2D eigenvalue weighted by atomic mass is 9.99. The van der Waals surface area contributed by atoms with Gasteiger partial charge in [0.1, 0.15) is 5.82 Å². The Balaban J connectivity index is 2.18. The van der Waals surface area contributed by atoms with Gasteiger partial charge in [-0.15, -0.1) is 0 Å². The Morgan fingerprint density at radius 3 is 2.89 bits per heavy atom. The van der Waals surface area contributed by atoms with Crippen molar-refractivity contribution in [2.24, 2.45) is 0 Å². The summed E-state index contributed by atoms with van der Waals surface area (Å²) in [6, 6.07) is 2.48. The fourth-order valence-corrected chi connectivity index (χ4v) is 2.17. The van der Waals surface area contributed by atoms with E-state index in [0.29, 0.717) is 0 Å². The molecule has 0 amide bonds. The standard InChI is InChI=1S/C12H16F3N3/c1-8-10(5-3-6-16-8)18-11-9(12(13,14)15)4-2-7-17-11/h2,4,7-8,10,16H,3,5-6H2,1H3,(H,17,18). The summed E-state index contributed by atoms with van der Waals surface area (Å²) >= 11 is 0. The van der Waals surface area contributed by atoms with Crippen LogP contribution >= 0.6 is 0 Å². The molecule has 1 fully saturated rings. The number of alkyl halides is 3. The van der Waals surface area contributed by atoms with Crippen LogP contribution in [-0.2, 0) is 6.18 Å². The lowest BCUT2D eigenvalue weighted by Gasteiger charge is -2.31. The fraction of sp³-hybridized carbons (Fsp3) is 0.583. The maximum Gasteiger partial charge on any atom is 0.419 e. The Morgan fingerprint density at radius 1 is 1.44 bits per heavy atom. The van der Waals surface area contributed by atoms with Crippen molar-refractivity contribution in [3.8, 4) is 0 Å². The predicted octanol–water partition coefficient (Wildman–Crippen LogP) is 2.65. The molecule has 1 saturated heterocycles. The molecule has 6 heteroatoms. The molecule has 2 unspecified atom stereocenters. The Hall–Kier alpha value is -1.30. The highest BCUT2D eigenvalue weighted by Gasteiger charge is 2.35. The minimum Gasteiger partial charge on any atom is -0.365 e. The van der Waals surface area contributed by atoms with Crippen molar-refractivity contribution in [2.75, 3.05) is 11.9 Å². The summed E-state index contributed by atoms with van der Waals surface area (Å²) in [5.41, 5.74) is -0.706. The lowest BCUT2D eigenvalue weighted by molar-refractivity contribution is -0.137. The number of rotatable bonds is 2. The van der Waals surface area contributed by atoms with Crippen LogP contribution in [0.4, 0.5) is 19.0 Å². The van der Waals surface area contributed by atoms with E-state index in [1.165, 1.54) is 12.3 Å². The first-order valence-electron chi connectivity index (χ1n) is 6.00.